The van der Waals surface area contributed by atoms with Crippen molar-refractivity contribution in [2.75, 3.05) is 26.2 Å². The highest BCUT2D eigenvalue weighted by atomic mass is 19.4. The molecule has 7 rings (SSSR count). The summed E-state index contributed by atoms with van der Waals surface area (Å²) in [6, 6.07) is 0.0559. The molecular weight excluding hydrogens is 499 g/mol. The number of hydrogen-bond donors (Lipinski definition) is 1. The molecule has 2 amide bonds. The molecule has 2 aliphatic heterocycles. The zero-order valence-corrected chi connectivity index (χ0v) is 20.0. The highest BCUT2D eigenvalue weighted by Crippen LogP contribution is 2.57. The van der Waals surface area contributed by atoms with E-state index in [1.54, 1.807) is 0 Å². The van der Waals surface area contributed by atoms with Gasteiger partial charge in [-0.15, -0.1) is 5.10 Å². The Bertz CT molecular complexity index is 1200. The van der Waals surface area contributed by atoms with Gasteiger partial charge in [-0.25, -0.2) is 23.5 Å². The fourth-order valence-corrected chi connectivity index (χ4v) is 7.26. The van der Waals surface area contributed by atoms with Crippen LogP contribution in [0.5, 0.6) is 0 Å². The molecule has 0 bridgehead atoms. The summed E-state index contributed by atoms with van der Waals surface area (Å²) < 4.78 is 65.5. The van der Waals surface area contributed by atoms with Crippen LogP contribution >= 0.6 is 0 Å². The van der Waals surface area contributed by atoms with Gasteiger partial charge in [0.05, 0.1) is 0 Å². The lowest BCUT2D eigenvalue weighted by molar-refractivity contribution is -0.145. The summed E-state index contributed by atoms with van der Waals surface area (Å²) >= 11 is 0. The van der Waals surface area contributed by atoms with E-state index in [2.05, 4.69) is 25.3 Å². The van der Waals surface area contributed by atoms with Gasteiger partial charge in [0.25, 0.3) is 5.82 Å². The second kappa shape index (κ2) is 7.40. The number of aromatic amines is 1. The van der Waals surface area contributed by atoms with Gasteiger partial charge in [0.15, 0.2) is 5.82 Å². The van der Waals surface area contributed by atoms with Crippen molar-refractivity contribution in [3.8, 4) is 0 Å². The molecule has 0 unspecified atom stereocenters. The van der Waals surface area contributed by atoms with Crippen LogP contribution in [0, 0.1) is 16.7 Å². The summed E-state index contributed by atoms with van der Waals surface area (Å²) in [7, 11) is 0. The first-order chi connectivity index (χ1) is 17.4. The second-order valence-electron chi connectivity index (χ2n) is 12.2. The fraction of sp³-hybridized carbons (Fsp3) is 0.783. The number of halogens is 5. The standard InChI is InChI=1S/C23H27F5N8O/c24-22(25)5-15(6-22)17-30-16(31-32-17)14-3-21(4-14)10-35(11-21)19(37)34-8-20(9-34)1-13(2-20)7-36-12-29-18(33-36)23(26,27)28/h12-15H,1-11H2,(H,30,31,32). The molecule has 1 N–H and O–H groups in total. The van der Waals surface area contributed by atoms with Crippen LogP contribution in [-0.4, -0.2) is 77.9 Å². The van der Waals surface area contributed by atoms with Gasteiger partial charge in [0.1, 0.15) is 12.2 Å². The van der Waals surface area contributed by atoms with Crippen molar-refractivity contribution in [3.63, 3.8) is 0 Å². The quantitative estimate of drug-likeness (QED) is 0.614. The number of rotatable bonds is 4. The van der Waals surface area contributed by atoms with Crippen molar-refractivity contribution in [1.82, 2.24) is 39.7 Å². The molecule has 0 atom stereocenters. The average Bonchev–Trinajstić information content (AvgIpc) is 3.34. The molecule has 5 fully saturated rings. The Hall–Kier alpha value is -2.80. The largest absolute Gasteiger partial charge is 0.453 e. The number of nitrogens with one attached hydrogen (secondary N) is 1. The van der Waals surface area contributed by atoms with Crippen LogP contribution in [0.4, 0.5) is 26.7 Å². The van der Waals surface area contributed by atoms with Gasteiger partial charge in [-0.05, 0) is 31.6 Å². The third kappa shape index (κ3) is 3.89. The maximum absolute atomic E-state index is 13.1. The van der Waals surface area contributed by atoms with Crippen LogP contribution in [-0.2, 0) is 12.7 Å². The van der Waals surface area contributed by atoms with Crippen molar-refractivity contribution in [3.05, 3.63) is 23.8 Å². The third-order valence-corrected chi connectivity index (χ3v) is 9.05. The van der Waals surface area contributed by atoms with E-state index >= 15 is 0 Å². The number of aromatic nitrogens is 6. The number of nitrogens with zero attached hydrogens (tertiary/aromatic N) is 7. The van der Waals surface area contributed by atoms with Gasteiger partial charge < -0.3 is 9.80 Å². The topological polar surface area (TPSA) is 95.8 Å². The second-order valence-corrected chi connectivity index (χ2v) is 12.2. The Labute approximate surface area is 208 Å². The molecule has 2 aromatic rings. The molecule has 5 aliphatic rings. The zero-order chi connectivity index (χ0) is 25.8. The van der Waals surface area contributed by atoms with Gasteiger partial charge in [0, 0.05) is 68.2 Å². The SMILES string of the molecule is O=C(N1CC2(CC(Cn3cnc(C(F)(F)F)n3)C2)C1)N1CC2(CC(c3n[nH]c(C4CC(F)(F)C4)n3)C2)C1. The highest BCUT2D eigenvalue weighted by molar-refractivity contribution is 5.77. The number of urea groups is 1. The summed E-state index contributed by atoms with van der Waals surface area (Å²) in [5, 5.41) is 10.6. The maximum atomic E-state index is 13.1. The first kappa shape index (κ1) is 23.3. The van der Waals surface area contributed by atoms with E-state index in [1.165, 1.54) is 4.68 Å². The van der Waals surface area contributed by atoms with Crippen molar-refractivity contribution in [2.24, 2.45) is 16.7 Å². The average molecular weight is 527 g/mol. The van der Waals surface area contributed by atoms with Crippen molar-refractivity contribution in [2.45, 2.75) is 69.0 Å². The minimum Gasteiger partial charge on any atom is -0.323 e. The van der Waals surface area contributed by atoms with Crippen molar-refractivity contribution >= 4 is 6.03 Å². The smallest absolute Gasteiger partial charge is 0.323 e. The Morgan fingerprint density at radius 2 is 1.59 bits per heavy atom. The predicted octanol–water partition coefficient (Wildman–Crippen LogP) is 3.64. The Morgan fingerprint density at radius 1 is 0.973 bits per heavy atom. The number of likely N-dealkylation sites (tertiary alicyclic amines) is 2. The lowest BCUT2D eigenvalue weighted by Gasteiger charge is -2.63. The highest BCUT2D eigenvalue weighted by Gasteiger charge is 2.59. The Morgan fingerprint density at radius 3 is 2.16 bits per heavy atom. The van der Waals surface area contributed by atoms with E-state index in [0.717, 1.165) is 32.0 Å². The van der Waals surface area contributed by atoms with Gasteiger partial charge in [-0.1, -0.05) is 0 Å². The fourth-order valence-electron chi connectivity index (χ4n) is 7.26. The van der Waals surface area contributed by atoms with Gasteiger partial charge in [-0.3, -0.25) is 9.78 Å². The summed E-state index contributed by atoms with van der Waals surface area (Å²) in [6.07, 6.45) is -0.188. The maximum Gasteiger partial charge on any atom is 0.453 e. The van der Waals surface area contributed by atoms with Crippen LogP contribution in [0.3, 0.4) is 0 Å². The van der Waals surface area contributed by atoms with Crippen LogP contribution < -0.4 is 0 Å². The van der Waals surface area contributed by atoms with Crippen LogP contribution in [0.15, 0.2) is 6.33 Å². The number of hydrogen-bond acceptors (Lipinski definition) is 5. The summed E-state index contributed by atoms with van der Waals surface area (Å²) in [5.41, 5.74) is 0.202. The molecule has 200 valence electrons. The van der Waals surface area contributed by atoms with E-state index in [1.807, 2.05) is 9.80 Å². The number of carbonyl (C=O) groups excluding carboxylic acids is 1. The van der Waals surface area contributed by atoms with E-state index in [9.17, 15) is 26.7 Å². The number of H-pyrrole nitrogens is 1. The monoisotopic (exact) mass is 526 g/mol. The zero-order valence-electron chi connectivity index (χ0n) is 20.0. The normalized spacial score (nSPS) is 26.4. The summed E-state index contributed by atoms with van der Waals surface area (Å²) in [4.78, 5) is 24.5. The minimum absolute atomic E-state index is 0.0559. The van der Waals surface area contributed by atoms with Crippen LogP contribution in [0.1, 0.15) is 67.8 Å². The van der Waals surface area contributed by atoms with Crippen LogP contribution in [0.25, 0.3) is 0 Å². The number of carbonyl (C=O) groups is 1. The molecule has 4 heterocycles. The summed E-state index contributed by atoms with van der Waals surface area (Å²) in [5.74, 6) is -2.22. The first-order valence-electron chi connectivity index (χ1n) is 12.7. The van der Waals surface area contributed by atoms with E-state index in [4.69, 9.17) is 0 Å². The van der Waals surface area contributed by atoms with E-state index < -0.39 is 17.9 Å². The third-order valence-electron chi connectivity index (χ3n) is 9.05. The Kier molecular flexibility index (Phi) is 4.67. The number of alkyl halides is 5. The molecule has 2 spiro atoms. The van der Waals surface area contributed by atoms with Gasteiger partial charge in [-0.2, -0.15) is 18.3 Å². The molecule has 3 aliphatic carbocycles. The molecule has 37 heavy (non-hydrogen) atoms. The lowest BCUT2D eigenvalue weighted by atomic mass is 9.57. The predicted molar refractivity (Wildman–Crippen MR) is 116 cm³/mol. The molecule has 14 heteroatoms. The molecule has 9 nitrogen and oxygen atoms in total. The molecule has 3 saturated carbocycles. The minimum atomic E-state index is -4.53. The van der Waals surface area contributed by atoms with E-state index in [0.29, 0.717) is 44.4 Å². The molecule has 0 radical (unpaired) electrons. The number of amides is 2. The molecule has 2 saturated heterocycles. The van der Waals surface area contributed by atoms with Gasteiger partial charge in [0.2, 0.25) is 5.92 Å². The molecule has 2 aromatic heterocycles. The van der Waals surface area contributed by atoms with E-state index in [-0.39, 0.29) is 47.5 Å². The molecule has 0 aromatic carbocycles. The Balaban J connectivity index is 0.833. The molecular formula is C23H27F5N8O. The van der Waals surface area contributed by atoms with Gasteiger partial charge >= 0.3 is 12.2 Å². The summed E-state index contributed by atoms with van der Waals surface area (Å²) in [6.45, 7) is 3.23. The van der Waals surface area contributed by atoms with Crippen LogP contribution in [0.2, 0.25) is 0 Å². The van der Waals surface area contributed by atoms with Crippen molar-refractivity contribution in [1.29, 1.82) is 0 Å². The lowest BCUT2D eigenvalue weighted by Crippen LogP contribution is -2.71. The first-order valence-corrected chi connectivity index (χ1v) is 12.7. The van der Waals surface area contributed by atoms with Crippen molar-refractivity contribution < 1.29 is 26.7 Å².